The summed E-state index contributed by atoms with van der Waals surface area (Å²) in [5.41, 5.74) is 5.29. The second-order valence-corrected chi connectivity index (χ2v) is 8.40. The molecule has 0 atom stereocenters. The zero-order valence-corrected chi connectivity index (χ0v) is 19.0. The molecule has 0 unspecified atom stereocenters. The van der Waals surface area contributed by atoms with Crippen LogP contribution < -0.4 is 15.4 Å². The zero-order chi connectivity index (χ0) is 22.4. The maximum Gasteiger partial charge on any atom is 0.321 e. The minimum Gasteiger partial charge on any atom is -0.496 e. The van der Waals surface area contributed by atoms with Gasteiger partial charge in [0, 0.05) is 30.9 Å². The van der Waals surface area contributed by atoms with E-state index in [1.165, 1.54) is 30.4 Å². The van der Waals surface area contributed by atoms with Crippen LogP contribution in [-0.4, -0.2) is 31.0 Å². The van der Waals surface area contributed by atoms with E-state index in [2.05, 4.69) is 23.6 Å². The Morgan fingerprint density at radius 2 is 1.84 bits per heavy atom. The summed E-state index contributed by atoms with van der Waals surface area (Å²) in [6.45, 7) is 4.74. The molecule has 1 fully saturated rings. The minimum atomic E-state index is -0.0295. The van der Waals surface area contributed by atoms with Crippen molar-refractivity contribution in [1.82, 2.24) is 4.90 Å². The number of hydrogen-bond acceptors (Lipinski definition) is 3. The van der Waals surface area contributed by atoms with Crippen molar-refractivity contribution in [1.29, 1.82) is 0 Å². The van der Waals surface area contributed by atoms with E-state index in [1.54, 1.807) is 19.1 Å². The van der Waals surface area contributed by atoms with Crippen LogP contribution in [0.15, 0.2) is 36.4 Å². The first-order valence-corrected chi connectivity index (χ1v) is 10.9. The minimum absolute atomic E-state index is 0.0295. The summed E-state index contributed by atoms with van der Waals surface area (Å²) in [5, 5.41) is 5.85. The lowest BCUT2D eigenvalue weighted by Crippen LogP contribution is -2.35. The molecule has 166 valence electrons. The van der Waals surface area contributed by atoms with Crippen molar-refractivity contribution in [3.63, 3.8) is 0 Å². The third-order valence-electron chi connectivity index (χ3n) is 6.03. The molecule has 6 heteroatoms. The molecule has 1 saturated carbocycles. The summed E-state index contributed by atoms with van der Waals surface area (Å²) in [6.07, 6.45) is 5.69. The molecule has 0 bridgehead atoms. The Morgan fingerprint density at radius 1 is 1.10 bits per heavy atom. The number of hydrogen-bond donors (Lipinski definition) is 2. The maximum atomic E-state index is 12.1. The fraction of sp³-hybridized carbons (Fsp3) is 0.440. The zero-order valence-electron chi connectivity index (χ0n) is 19.0. The van der Waals surface area contributed by atoms with Crippen LogP contribution in [0.4, 0.5) is 16.2 Å². The molecular weight excluding hydrogens is 390 g/mol. The molecular formula is C25H33N3O3. The fourth-order valence-corrected chi connectivity index (χ4v) is 4.11. The maximum absolute atomic E-state index is 12.1. The molecule has 6 nitrogen and oxygen atoms in total. The first-order valence-electron chi connectivity index (χ1n) is 10.9. The Hall–Kier alpha value is -3.02. The van der Waals surface area contributed by atoms with Crippen LogP contribution in [-0.2, 0) is 11.3 Å². The number of nitrogens with one attached hydrogen (secondary N) is 2. The van der Waals surface area contributed by atoms with Crippen molar-refractivity contribution in [2.45, 2.75) is 52.5 Å². The highest BCUT2D eigenvalue weighted by Gasteiger charge is 2.21. The SMILES string of the molecule is COc1ccc(NC(=O)C2CCCCC2)cc1C.Cc1cccc2c1CN(C)C(=O)N2. The van der Waals surface area contributed by atoms with Crippen LogP contribution in [0.25, 0.3) is 0 Å². The summed E-state index contributed by atoms with van der Waals surface area (Å²) >= 11 is 0. The quantitative estimate of drug-likeness (QED) is 0.685. The monoisotopic (exact) mass is 423 g/mol. The van der Waals surface area contributed by atoms with Crippen molar-refractivity contribution >= 4 is 23.3 Å². The highest BCUT2D eigenvalue weighted by Crippen LogP contribution is 2.27. The van der Waals surface area contributed by atoms with Crippen LogP contribution >= 0.6 is 0 Å². The first kappa shape index (κ1) is 22.7. The van der Waals surface area contributed by atoms with Gasteiger partial charge in [0.05, 0.1) is 7.11 Å². The summed E-state index contributed by atoms with van der Waals surface area (Å²) < 4.78 is 5.21. The molecule has 2 aromatic carbocycles. The number of ether oxygens (including phenoxy) is 1. The Morgan fingerprint density at radius 3 is 2.52 bits per heavy atom. The molecule has 1 aliphatic heterocycles. The van der Waals surface area contributed by atoms with E-state index in [4.69, 9.17) is 4.74 Å². The van der Waals surface area contributed by atoms with Crippen molar-refractivity contribution in [3.05, 3.63) is 53.1 Å². The third kappa shape index (κ3) is 5.78. The normalized spacial score (nSPS) is 15.9. The molecule has 0 aromatic heterocycles. The van der Waals surface area contributed by atoms with Crippen LogP contribution in [0.3, 0.4) is 0 Å². The lowest BCUT2D eigenvalue weighted by molar-refractivity contribution is -0.120. The molecule has 0 spiro atoms. The second kappa shape index (κ2) is 10.3. The highest BCUT2D eigenvalue weighted by molar-refractivity contribution is 5.93. The molecule has 1 heterocycles. The molecule has 2 aromatic rings. The van der Waals surface area contributed by atoms with Gasteiger partial charge in [-0.15, -0.1) is 0 Å². The predicted molar refractivity (Wildman–Crippen MR) is 125 cm³/mol. The van der Waals surface area contributed by atoms with Gasteiger partial charge in [-0.25, -0.2) is 4.79 Å². The van der Waals surface area contributed by atoms with Gasteiger partial charge in [0.15, 0.2) is 0 Å². The van der Waals surface area contributed by atoms with Crippen molar-refractivity contribution in [2.24, 2.45) is 5.92 Å². The summed E-state index contributed by atoms with van der Waals surface area (Å²) in [5.74, 6) is 1.21. The van der Waals surface area contributed by atoms with Crippen LogP contribution in [0.1, 0.15) is 48.8 Å². The number of methoxy groups -OCH3 is 1. The number of aryl methyl sites for hydroxylation is 2. The number of amides is 3. The van der Waals surface area contributed by atoms with E-state index in [9.17, 15) is 9.59 Å². The second-order valence-electron chi connectivity index (χ2n) is 8.40. The molecule has 2 aliphatic rings. The standard InChI is InChI=1S/C15H21NO2.C10H12N2O/c1-11-10-13(8-9-14(11)18-2)16-15(17)12-6-4-3-5-7-12;1-7-4-3-5-9-8(7)6-12(2)10(13)11-9/h8-10,12H,3-7H2,1-2H3,(H,16,17);3-5H,6H2,1-2H3,(H,11,13). The van der Waals surface area contributed by atoms with E-state index < -0.39 is 0 Å². The van der Waals surface area contributed by atoms with Gasteiger partial charge in [-0.1, -0.05) is 31.4 Å². The summed E-state index contributed by atoms with van der Waals surface area (Å²) in [4.78, 5) is 25.0. The number of rotatable bonds is 3. The summed E-state index contributed by atoms with van der Waals surface area (Å²) in [6, 6.07) is 11.7. The first-order chi connectivity index (χ1) is 14.9. The van der Waals surface area contributed by atoms with E-state index >= 15 is 0 Å². The lowest BCUT2D eigenvalue weighted by Gasteiger charge is -2.26. The van der Waals surface area contributed by atoms with Crippen molar-refractivity contribution in [3.8, 4) is 5.75 Å². The Bertz CT molecular complexity index is 936. The number of benzene rings is 2. The third-order valence-corrected chi connectivity index (χ3v) is 6.03. The van der Waals surface area contributed by atoms with Crippen molar-refractivity contribution in [2.75, 3.05) is 24.8 Å². The summed E-state index contributed by atoms with van der Waals surface area (Å²) in [7, 11) is 3.45. The van der Waals surface area contributed by atoms with Crippen LogP contribution in [0, 0.1) is 19.8 Å². The number of carbonyl (C=O) groups excluding carboxylic acids is 2. The van der Waals surface area contributed by atoms with Gasteiger partial charge in [-0.2, -0.15) is 0 Å². The molecule has 2 N–H and O–H groups in total. The van der Waals surface area contributed by atoms with Crippen molar-refractivity contribution < 1.29 is 14.3 Å². The number of urea groups is 1. The molecule has 1 aliphatic carbocycles. The Labute approximate surface area is 185 Å². The van der Waals surface area contributed by atoms with Gasteiger partial charge in [-0.3, -0.25) is 4.79 Å². The van der Waals surface area contributed by atoms with Gasteiger partial charge in [-0.05, 0) is 67.6 Å². The van der Waals surface area contributed by atoms with Gasteiger partial charge in [0.25, 0.3) is 0 Å². The Kier molecular flexibility index (Phi) is 7.55. The van der Waals surface area contributed by atoms with Crippen LogP contribution in [0.2, 0.25) is 0 Å². The largest absolute Gasteiger partial charge is 0.496 e. The average Bonchev–Trinajstić information content (AvgIpc) is 2.76. The molecule has 0 saturated heterocycles. The van der Waals surface area contributed by atoms with E-state index in [0.29, 0.717) is 6.54 Å². The van der Waals surface area contributed by atoms with Gasteiger partial charge in [0.1, 0.15) is 5.75 Å². The van der Waals surface area contributed by atoms with E-state index in [1.807, 2.05) is 37.3 Å². The molecule has 4 rings (SSSR count). The predicted octanol–water partition coefficient (Wildman–Crippen LogP) is 5.49. The fourth-order valence-electron chi connectivity index (χ4n) is 4.11. The van der Waals surface area contributed by atoms with Gasteiger partial charge in [0.2, 0.25) is 5.91 Å². The number of fused-ring (bicyclic) bond motifs is 1. The highest BCUT2D eigenvalue weighted by atomic mass is 16.5. The van der Waals surface area contributed by atoms with Gasteiger partial charge < -0.3 is 20.3 Å². The van der Waals surface area contributed by atoms with E-state index in [-0.39, 0.29) is 17.9 Å². The number of anilines is 2. The van der Waals surface area contributed by atoms with Crippen LogP contribution in [0.5, 0.6) is 5.75 Å². The number of nitrogens with zero attached hydrogens (tertiary/aromatic N) is 1. The van der Waals surface area contributed by atoms with E-state index in [0.717, 1.165) is 35.5 Å². The molecule has 3 amide bonds. The smallest absolute Gasteiger partial charge is 0.321 e. The number of carbonyl (C=O) groups is 2. The molecule has 31 heavy (non-hydrogen) atoms. The average molecular weight is 424 g/mol. The topological polar surface area (TPSA) is 70.7 Å². The lowest BCUT2D eigenvalue weighted by atomic mass is 9.88. The molecule has 0 radical (unpaired) electrons. The van der Waals surface area contributed by atoms with Gasteiger partial charge >= 0.3 is 6.03 Å². The Balaban J connectivity index is 0.000000185.